The highest BCUT2D eigenvalue weighted by Gasteiger charge is 1.82. The van der Waals surface area contributed by atoms with Crippen LogP contribution >= 0.6 is 11.8 Å². The summed E-state index contributed by atoms with van der Waals surface area (Å²) in [6, 6.07) is 3.00. The number of hydrogen-bond acceptors (Lipinski definition) is 3. The molecule has 0 heterocycles. The summed E-state index contributed by atoms with van der Waals surface area (Å²) in [4.78, 5) is 8.02. The monoisotopic (exact) mass is 172 g/mol. The Morgan fingerprint density at radius 2 is 2.18 bits per heavy atom. The molecule has 0 radical (unpaired) electrons. The zero-order valence-electron chi connectivity index (χ0n) is 7.50. The third-order valence-electron chi connectivity index (χ3n) is 1.01. The molecule has 0 rings (SSSR count). The predicted octanol–water partition coefficient (Wildman–Crippen LogP) is 2.32. The van der Waals surface area contributed by atoms with Gasteiger partial charge in [0.05, 0.1) is 18.6 Å². The van der Waals surface area contributed by atoms with Gasteiger partial charge in [0.25, 0.3) is 0 Å². The van der Waals surface area contributed by atoms with Crippen LogP contribution in [0.5, 0.6) is 0 Å². The van der Waals surface area contributed by atoms with Crippen LogP contribution in [0.1, 0.15) is 20.3 Å². The van der Waals surface area contributed by atoms with E-state index < -0.39 is 0 Å². The fourth-order valence-corrected chi connectivity index (χ4v) is 0.912. The summed E-state index contributed by atoms with van der Waals surface area (Å²) < 4.78 is 0. The van der Waals surface area contributed by atoms with Gasteiger partial charge in [0.15, 0.2) is 0 Å². The van der Waals surface area contributed by atoms with Crippen molar-refractivity contribution in [3.63, 3.8) is 0 Å². The van der Waals surface area contributed by atoms with Crippen molar-refractivity contribution >= 4 is 17.8 Å². The first-order valence-corrected chi connectivity index (χ1v) is 5.27. The number of thioether (sulfide) groups is 1. The van der Waals surface area contributed by atoms with Crippen molar-refractivity contribution < 1.29 is 0 Å². The Morgan fingerprint density at radius 1 is 1.45 bits per heavy atom. The van der Waals surface area contributed by atoms with E-state index in [0.29, 0.717) is 6.04 Å². The lowest BCUT2D eigenvalue weighted by atomic mass is 10.4. The highest BCUT2D eigenvalue weighted by Crippen LogP contribution is 1.94. The van der Waals surface area contributed by atoms with E-state index in [1.54, 1.807) is 0 Å². The smallest absolute Gasteiger partial charge is 0.0895 e. The molecule has 0 atom stereocenters. The van der Waals surface area contributed by atoms with E-state index >= 15 is 0 Å². The van der Waals surface area contributed by atoms with Crippen molar-refractivity contribution in [1.82, 2.24) is 0 Å². The number of rotatable bonds is 5. The van der Waals surface area contributed by atoms with Crippen LogP contribution in [0.3, 0.4) is 0 Å². The van der Waals surface area contributed by atoms with E-state index in [9.17, 15) is 0 Å². The van der Waals surface area contributed by atoms with Crippen LogP contribution in [-0.4, -0.2) is 30.6 Å². The van der Waals surface area contributed by atoms with Gasteiger partial charge in [-0.15, -0.1) is 0 Å². The highest BCUT2D eigenvalue weighted by atomic mass is 32.2. The van der Waals surface area contributed by atoms with Gasteiger partial charge in [0, 0.05) is 0 Å². The average molecular weight is 172 g/mol. The number of nitrogens with zero attached hydrogens (tertiary/aromatic N) is 2. The first kappa shape index (κ1) is 10.7. The predicted molar refractivity (Wildman–Crippen MR) is 52.9 cm³/mol. The first-order valence-electron chi connectivity index (χ1n) is 3.87. The molecule has 11 heavy (non-hydrogen) atoms. The Bertz CT molecular complexity index is 137. The summed E-state index contributed by atoms with van der Waals surface area (Å²) in [5, 5.41) is 0. The first-order chi connectivity index (χ1) is 5.27. The van der Waals surface area contributed by atoms with Crippen LogP contribution in [0.4, 0.5) is 0 Å². The summed E-state index contributed by atoms with van der Waals surface area (Å²) in [7, 11) is 0. The molecular formula is C8H16N2S. The van der Waals surface area contributed by atoms with E-state index in [4.69, 9.17) is 0 Å². The average Bonchev–Trinajstić information content (AvgIpc) is 1.96. The van der Waals surface area contributed by atoms with Crippen molar-refractivity contribution in [2.45, 2.75) is 26.3 Å². The maximum Gasteiger partial charge on any atom is 0.0895 e. The lowest BCUT2D eigenvalue weighted by molar-refractivity contribution is 0.838. The van der Waals surface area contributed by atoms with Gasteiger partial charge in [0.1, 0.15) is 0 Å². The second-order valence-corrected chi connectivity index (χ2v) is 3.54. The third kappa shape index (κ3) is 9.73. The third-order valence-corrected chi connectivity index (χ3v) is 1.70. The molecule has 0 aromatic carbocycles. The number of aliphatic imine (C=N–C) groups is 2. The van der Waals surface area contributed by atoms with Crippen molar-refractivity contribution in [1.29, 1.82) is 0 Å². The van der Waals surface area contributed by atoms with E-state index in [1.165, 1.54) is 5.75 Å². The van der Waals surface area contributed by atoms with Gasteiger partial charge >= 0.3 is 0 Å². The van der Waals surface area contributed by atoms with Gasteiger partial charge in [-0.1, -0.05) is 0 Å². The summed E-state index contributed by atoms with van der Waals surface area (Å²) in [6.45, 7) is 4.89. The van der Waals surface area contributed by atoms with Crippen molar-refractivity contribution in [3.8, 4) is 0 Å². The molecule has 0 saturated heterocycles. The minimum Gasteiger partial charge on any atom is -0.226 e. The molecule has 0 unspecified atom stereocenters. The molecule has 3 heteroatoms. The van der Waals surface area contributed by atoms with E-state index in [1.807, 2.05) is 25.6 Å². The second kappa shape index (κ2) is 7.83. The molecule has 0 N–H and O–H groups in total. The minimum absolute atomic E-state index is 0.319. The molecule has 0 aliphatic rings. The number of hydrogen-bond donors (Lipinski definition) is 0. The van der Waals surface area contributed by atoms with Gasteiger partial charge in [-0.3, -0.25) is 0 Å². The summed E-state index contributed by atoms with van der Waals surface area (Å²) in [6.07, 6.45) is 3.23. The van der Waals surface area contributed by atoms with Gasteiger partial charge in [-0.25, -0.2) is 9.98 Å². The summed E-state index contributed by atoms with van der Waals surface area (Å²) in [5.74, 6) is 1.17. The van der Waals surface area contributed by atoms with Gasteiger partial charge in [0.2, 0.25) is 0 Å². The summed E-state index contributed by atoms with van der Waals surface area (Å²) >= 11 is 1.85. The SMILES string of the molecule is CSCCCN=C=NC(C)C. The maximum absolute atomic E-state index is 4.02. The Labute approximate surface area is 73.2 Å². The largest absolute Gasteiger partial charge is 0.226 e. The Morgan fingerprint density at radius 3 is 2.73 bits per heavy atom. The quantitative estimate of drug-likeness (QED) is 0.461. The molecule has 64 valence electrons. The second-order valence-electron chi connectivity index (χ2n) is 2.55. The van der Waals surface area contributed by atoms with Crippen LogP contribution in [0.2, 0.25) is 0 Å². The molecule has 0 aromatic rings. The van der Waals surface area contributed by atoms with Crippen molar-refractivity contribution in [2.75, 3.05) is 18.6 Å². The van der Waals surface area contributed by atoms with Crippen LogP contribution in [0.25, 0.3) is 0 Å². The Hall–Kier alpha value is -0.270. The topological polar surface area (TPSA) is 24.7 Å². The van der Waals surface area contributed by atoms with Crippen LogP contribution < -0.4 is 0 Å². The molecule has 0 saturated carbocycles. The highest BCUT2D eigenvalue weighted by molar-refractivity contribution is 7.98. The standard InChI is InChI=1S/C8H16N2S/c1-8(2)10-7-9-5-4-6-11-3/h8H,4-6H2,1-3H3. The van der Waals surface area contributed by atoms with Gasteiger partial charge in [-0.2, -0.15) is 11.8 Å². The molecule has 0 aliphatic heterocycles. The molecule has 0 amide bonds. The molecule has 0 aromatic heterocycles. The van der Waals surface area contributed by atoms with Gasteiger partial charge < -0.3 is 0 Å². The zero-order valence-corrected chi connectivity index (χ0v) is 8.32. The lowest BCUT2D eigenvalue weighted by Gasteiger charge is -1.89. The normalized spacial score (nSPS) is 9.45. The van der Waals surface area contributed by atoms with Crippen LogP contribution in [-0.2, 0) is 0 Å². The van der Waals surface area contributed by atoms with E-state index in [-0.39, 0.29) is 0 Å². The van der Waals surface area contributed by atoms with Crippen molar-refractivity contribution in [2.24, 2.45) is 9.98 Å². The van der Waals surface area contributed by atoms with Gasteiger partial charge in [-0.05, 0) is 32.3 Å². The fraction of sp³-hybridized carbons (Fsp3) is 0.875. The van der Waals surface area contributed by atoms with E-state index in [2.05, 4.69) is 22.2 Å². The van der Waals surface area contributed by atoms with Crippen LogP contribution in [0, 0.1) is 0 Å². The Kier molecular flexibility index (Phi) is 7.64. The molecule has 0 fully saturated rings. The Balaban J connectivity index is 3.29. The molecule has 0 spiro atoms. The van der Waals surface area contributed by atoms with Crippen LogP contribution in [0.15, 0.2) is 9.98 Å². The maximum atomic E-state index is 4.02. The fourth-order valence-electron chi connectivity index (χ4n) is 0.494. The van der Waals surface area contributed by atoms with Crippen molar-refractivity contribution in [3.05, 3.63) is 0 Å². The molecule has 0 bridgehead atoms. The summed E-state index contributed by atoms with van der Waals surface area (Å²) in [5.41, 5.74) is 0. The molecule has 2 nitrogen and oxygen atoms in total. The zero-order chi connectivity index (χ0) is 8.53. The lowest BCUT2D eigenvalue weighted by Crippen LogP contribution is -1.86. The van der Waals surface area contributed by atoms with E-state index in [0.717, 1.165) is 13.0 Å². The molecule has 0 aliphatic carbocycles. The molecular weight excluding hydrogens is 156 g/mol. The minimum atomic E-state index is 0.319.